The average Bonchev–Trinajstić information content (AvgIpc) is 2.96. The van der Waals surface area contributed by atoms with Gasteiger partial charge >= 0.3 is 0 Å². The number of benzene rings is 2. The summed E-state index contributed by atoms with van der Waals surface area (Å²) in [5.41, 5.74) is 3.80. The molecule has 0 spiro atoms. The Morgan fingerprint density at radius 1 is 1.14 bits per heavy atom. The Morgan fingerprint density at radius 2 is 1.82 bits per heavy atom. The maximum atomic E-state index is 12.3. The first-order valence-corrected chi connectivity index (χ1v) is 9.19. The lowest BCUT2D eigenvalue weighted by molar-refractivity contribution is -0.118. The monoisotopic (exact) mass is 380 g/mol. The highest BCUT2D eigenvalue weighted by atomic mass is 16.5. The van der Waals surface area contributed by atoms with Crippen molar-refractivity contribution in [3.63, 3.8) is 0 Å². The summed E-state index contributed by atoms with van der Waals surface area (Å²) in [5.74, 6) is 0.246. The van der Waals surface area contributed by atoms with E-state index < -0.39 is 0 Å². The molecule has 2 aromatic carbocycles. The highest BCUT2D eigenvalue weighted by molar-refractivity contribution is 6.04. The topological polar surface area (TPSA) is 75.7 Å². The van der Waals surface area contributed by atoms with E-state index in [-0.39, 0.29) is 30.1 Å². The van der Waals surface area contributed by atoms with E-state index in [4.69, 9.17) is 4.74 Å². The van der Waals surface area contributed by atoms with Crippen molar-refractivity contribution in [1.29, 1.82) is 0 Å². The van der Waals surface area contributed by atoms with Crippen molar-refractivity contribution < 1.29 is 19.1 Å². The molecule has 1 unspecified atom stereocenters. The number of fused-ring (bicyclic) bond motifs is 1. The Labute approximate surface area is 164 Å². The van der Waals surface area contributed by atoms with Crippen LogP contribution in [0.3, 0.4) is 0 Å². The van der Waals surface area contributed by atoms with Gasteiger partial charge in [-0.1, -0.05) is 13.0 Å². The summed E-state index contributed by atoms with van der Waals surface area (Å²) < 4.78 is 5.66. The molecule has 1 atom stereocenters. The largest absolute Gasteiger partial charge is 0.483 e. The molecule has 146 valence electrons. The molecule has 0 fully saturated rings. The number of ketones is 1. The number of anilines is 1. The third-order valence-corrected chi connectivity index (χ3v) is 4.87. The number of hydrogen-bond acceptors (Lipinski definition) is 4. The van der Waals surface area contributed by atoms with Crippen LogP contribution in [0.2, 0.25) is 0 Å². The number of nitrogens with one attached hydrogen (secondary N) is 1. The minimum Gasteiger partial charge on any atom is -0.483 e. The van der Waals surface area contributed by atoms with Crippen molar-refractivity contribution in [3.05, 3.63) is 58.7 Å². The van der Waals surface area contributed by atoms with Crippen LogP contribution in [0.5, 0.6) is 5.75 Å². The molecule has 1 N–H and O–H groups in total. The molecular weight excluding hydrogens is 356 g/mol. The van der Waals surface area contributed by atoms with E-state index in [1.807, 2.05) is 19.9 Å². The van der Waals surface area contributed by atoms with Crippen LogP contribution in [0, 0.1) is 6.92 Å². The van der Waals surface area contributed by atoms with Crippen LogP contribution in [0.1, 0.15) is 51.1 Å². The van der Waals surface area contributed by atoms with Crippen molar-refractivity contribution in [2.24, 2.45) is 0 Å². The minimum absolute atomic E-state index is 0.0581. The highest BCUT2D eigenvalue weighted by Crippen LogP contribution is 2.40. The second-order valence-corrected chi connectivity index (χ2v) is 7.31. The van der Waals surface area contributed by atoms with Crippen LogP contribution in [0.25, 0.3) is 0 Å². The summed E-state index contributed by atoms with van der Waals surface area (Å²) in [6.45, 7) is 3.81. The average molecular weight is 380 g/mol. The standard InChI is InChI=1S/C22H24N2O4/c1-13-5-10-18(21-17(25)11-14(2)20(13)21)28-12-19(26)23-16-8-6-15(7-9-16)22(27)24(3)4/h5-10,14H,11-12H2,1-4H3,(H,23,26). The molecule has 1 aliphatic rings. The van der Waals surface area contributed by atoms with E-state index in [1.165, 1.54) is 4.90 Å². The molecule has 0 aliphatic heterocycles. The number of ether oxygens (including phenoxy) is 1. The van der Waals surface area contributed by atoms with E-state index in [2.05, 4.69) is 5.32 Å². The fourth-order valence-electron chi connectivity index (χ4n) is 3.52. The number of carbonyl (C=O) groups excluding carboxylic acids is 3. The van der Waals surface area contributed by atoms with Crippen LogP contribution in [-0.4, -0.2) is 43.2 Å². The van der Waals surface area contributed by atoms with Crippen molar-refractivity contribution in [2.45, 2.75) is 26.2 Å². The number of amides is 2. The quantitative estimate of drug-likeness (QED) is 0.863. The lowest BCUT2D eigenvalue weighted by atomic mass is 9.97. The molecule has 0 saturated carbocycles. The van der Waals surface area contributed by atoms with Gasteiger partial charge in [0, 0.05) is 31.8 Å². The van der Waals surface area contributed by atoms with Gasteiger partial charge in [0.05, 0.1) is 5.56 Å². The molecule has 0 aromatic heterocycles. The summed E-state index contributed by atoms with van der Waals surface area (Å²) >= 11 is 0. The second kappa shape index (κ2) is 7.84. The Morgan fingerprint density at radius 3 is 2.46 bits per heavy atom. The van der Waals surface area contributed by atoms with Crippen LogP contribution in [-0.2, 0) is 4.79 Å². The summed E-state index contributed by atoms with van der Waals surface area (Å²) in [4.78, 5) is 37.9. The predicted octanol–water partition coefficient (Wildman–Crippen LogP) is 3.40. The Kier molecular flexibility index (Phi) is 5.49. The van der Waals surface area contributed by atoms with E-state index >= 15 is 0 Å². The molecule has 6 nitrogen and oxygen atoms in total. The summed E-state index contributed by atoms with van der Waals surface area (Å²) in [5, 5.41) is 2.73. The highest BCUT2D eigenvalue weighted by Gasteiger charge is 2.31. The fraction of sp³-hybridized carbons (Fsp3) is 0.318. The van der Waals surface area contributed by atoms with E-state index in [0.29, 0.717) is 29.0 Å². The van der Waals surface area contributed by atoms with Crippen LogP contribution < -0.4 is 10.1 Å². The van der Waals surface area contributed by atoms with Gasteiger partial charge in [-0.2, -0.15) is 0 Å². The predicted molar refractivity (Wildman–Crippen MR) is 107 cm³/mol. The summed E-state index contributed by atoms with van der Waals surface area (Å²) in [6.07, 6.45) is 0.473. The first-order chi connectivity index (χ1) is 13.3. The Hall–Kier alpha value is -3.15. The first-order valence-electron chi connectivity index (χ1n) is 9.19. The molecule has 2 amide bonds. The van der Waals surface area contributed by atoms with Crippen molar-refractivity contribution >= 4 is 23.3 Å². The van der Waals surface area contributed by atoms with Gasteiger partial charge in [-0.25, -0.2) is 0 Å². The van der Waals surface area contributed by atoms with Gasteiger partial charge in [0.15, 0.2) is 12.4 Å². The third-order valence-electron chi connectivity index (χ3n) is 4.87. The molecule has 1 aliphatic carbocycles. The van der Waals surface area contributed by atoms with Gasteiger partial charge in [0.2, 0.25) is 0 Å². The molecule has 2 aromatic rings. The number of rotatable bonds is 5. The molecule has 6 heteroatoms. The van der Waals surface area contributed by atoms with Crippen molar-refractivity contribution in [3.8, 4) is 5.75 Å². The van der Waals surface area contributed by atoms with Gasteiger partial charge in [-0.15, -0.1) is 0 Å². The van der Waals surface area contributed by atoms with Crippen molar-refractivity contribution in [1.82, 2.24) is 4.90 Å². The molecule has 0 saturated heterocycles. The van der Waals surface area contributed by atoms with Gasteiger partial charge in [-0.05, 0) is 54.3 Å². The number of nitrogens with zero attached hydrogens (tertiary/aromatic N) is 1. The first kappa shape index (κ1) is 19.6. The molecule has 0 radical (unpaired) electrons. The Balaban J connectivity index is 1.64. The zero-order valence-electron chi connectivity index (χ0n) is 16.5. The zero-order chi connectivity index (χ0) is 20.4. The van der Waals surface area contributed by atoms with E-state index in [0.717, 1.165) is 11.1 Å². The fourth-order valence-corrected chi connectivity index (χ4v) is 3.52. The van der Waals surface area contributed by atoms with Gasteiger partial charge < -0.3 is 15.0 Å². The molecule has 28 heavy (non-hydrogen) atoms. The van der Waals surface area contributed by atoms with Crippen LogP contribution in [0.4, 0.5) is 5.69 Å². The summed E-state index contributed by atoms with van der Waals surface area (Å²) in [6, 6.07) is 10.3. The van der Waals surface area contributed by atoms with Crippen molar-refractivity contribution in [2.75, 3.05) is 26.0 Å². The molecule has 0 heterocycles. The number of hydrogen-bond donors (Lipinski definition) is 1. The number of aryl methyl sites for hydroxylation is 1. The van der Waals surface area contributed by atoms with E-state index in [9.17, 15) is 14.4 Å². The molecule has 3 rings (SSSR count). The summed E-state index contributed by atoms with van der Waals surface area (Å²) in [7, 11) is 3.37. The third kappa shape index (κ3) is 3.91. The second-order valence-electron chi connectivity index (χ2n) is 7.31. The Bertz CT molecular complexity index is 932. The molecular formula is C22H24N2O4. The number of Topliss-reactive ketones (excluding diaryl/α,β-unsaturated/α-hetero) is 1. The smallest absolute Gasteiger partial charge is 0.262 e. The molecule has 0 bridgehead atoms. The normalized spacial score (nSPS) is 15.1. The minimum atomic E-state index is -0.334. The van der Waals surface area contributed by atoms with Gasteiger partial charge in [-0.3, -0.25) is 14.4 Å². The van der Waals surface area contributed by atoms with Crippen LogP contribution >= 0.6 is 0 Å². The van der Waals surface area contributed by atoms with Crippen LogP contribution in [0.15, 0.2) is 36.4 Å². The maximum absolute atomic E-state index is 12.3. The SMILES string of the molecule is Cc1ccc(OCC(=O)Nc2ccc(C(=O)N(C)C)cc2)c2c1C(C)CC2=O. The van der Waals surface area contributed by atoms with E-state index in [1.54, 1.807) is 44.4 Å². The van der Waals surface area contributed by atoms with Gasteiger partial charge in [0.1, 0.15) is 5.75 Å². The maximum Gasteiger partial charge on any atom is 0.262 e. The van der Waals surface area contributed by atoms with Gasteiger partial charge in [0.25, 0.3) is 11.8 Å². The lowest BCUT2D eigenvalue weighted by Crippen LogP contribution is -2.22. The lowest BCUT2D eigenvalue weighted by Gasteiger charge is -2.13. The zero-order valence-corrected chi connectivity index (χ0v) is 16.5. The number of carbonyl (C=O) groups is 3.